The standard InChI is InChI=1S/C18H23N3/c1-13(2)15-7-5-8-16(11-15)21-12-20(14(3)4)17-9-6-10-19-18(17)21/h5-11,13-14H,12H2,1-4H3. The van der Waals surface area contributed by atoms with E-state index < -0.39 is 0 Å². The molecule has 3 heteroatoms. The van der Waals surface area contributed by atoms with E-state index >= 15 is 0 Å². The van der Waals surface area contributed by atoms with Gasteiger partial charge in [-0.3, -0.25) is 0 Å². The van der Waals surface area contributed by atoms with Gasteiger partial charge in [-0.25, -0.2) is 4.98 Å². The summed E-state index contributed by atoms with van der Waals surface area (Å²) in [5, 5.41) is 0. The van der Waals surface area contributed by atoms with Gasteiger partial charge in [0.1, 0.15) is 0 Å². The zero-order valence-electron chi connectivity index (χ0n) is 13.2. The summed E-state index contributed by atoms with van der Waals surface area (Å²) in [5.74, 6) is 1.60. The lowest BCUT2D eigenvalue weighted by atomic mass is 10.0. The highest BCUT2D eigenvalue weighted by Crippen LogP contribution is 2.39. The molecule has 1 aliphatic rings. The van der Waals surface area contributed by atoms with Gasteiger partial charge in [-0.15, -0.1) is 0 Å². The van der Waals surface area contributed by atoms with Gasteiger partial charge in [0, 0.05) is 17.9 Å². The number of anilines is 3. The Bertz CT molecular complexity index is 634. The maximum atomic E-state index is 4.61. The second kappa shape index (κ2) is 5.40. The lowest BCUT2D eigenvalue weighted by Crippen LogP contribution is -2.33. The predicted molar refractivity (Wildman–Crippen MR) is 89.4 cm³/mol. The molecule has 3 rings (SSSR count). The Hall–Kier alpha value is -2.03. The summed E-state index contributed by atoms with van der Waals surface area (Å²) >= 11 is 0. The fraction of sp³-hybridized carbons (Fsp3) is 0.389. The zero-order chi connectivity index (χ0) is 15.0. The molecule has 0 fully saturated rings. The van der Waals surface area contributed by atoms with Crippen LogP contribution >= 0.6 is 0 Å². The van der Waals surface area contributed by atoms with Gasteiger partial charge in [0.2, 0.25) is 0 Å². The number of nitrogens with zero attached hydrogens (tertiary/aromatic N) is 3. The topological polar surface area (TPSA) is 19.4 Å². The summed E-state index contributed by atoms with van der Waals surface area (Å²) in [6.07, 6.45) is 1.88. The van der Waals surface area contributed by atoms with Crippen LogP contribution in [0.1, 0.15) is 39.2 Å². The van der Waals surface area contributed by atoms with Crippen molar-refractivity contribution in [2.75, 3.05) is 16.5 Å². The molecular weight excluding hydrogens is 258 g/mol. The number of benzene rings is 1. The quantitative estimate of drug-likeness (QED) is 0.824. The normalized spacial score (nSPS) is 14.2. The number of aromatic nitrogens is 1. The van der Waals surface area contributed by atoms with Gasteiger partial charge in [-0.2, -0.15) is 0 Å². The molecule has 0 aliphatic carbocycles. The predicted octanol–water partition coefficient (Wildman–Crippen LogP) is 4.53. The largest absolute Gasteiger partial charge is 0.348 e. The van der Waals surface area contributed by atoms with E-state index in [9.17, 15) is 0 Å². The highest BCUT2D eigenvalue weighted by Gasteiger charge is 2.29. The summed E-state index contributed by atoms with van der Waals surface area (Å²) < 4.78 is 0. The van der Waals surface area contributed by atoms with Crippen molar-refractivity contribution in [3.8, 4) is 0 Å². The lowest BCUT2D eigenvalue weighted by Gasteiger charge is -2.25. The van der Waals surface area contributed by atoms with Crippen LogP contribution < -0.4 is 9.80 Å². The van der Waals surface area contributed by atoms with E-state index in [-0.39, 0.29) is 0 Å². The molecule has 110 valence electrons. The van der Waals surface area contributed by atoms with Gasteiger partial charge in [-0.1, -0.05) is 26.0 Å². The minimum absolute atomic E-state index is 0.464. The number of fused-ring (bicyclic) bond motifs is 1. The van der Waals surface area contributed by atoms with E-state index in [4.69, 9.17) is 0 Å². The molecule has 2 aromatic rings. The highest BCUT2D eigenvalue weighted by atomic mass is 15.4. The van der Waals surface area contributed by atoms with Crippen LogP contribution in [0.5, 0.6) is 0 Å². The second-order valence-corrected chi connectivity index (χ2v) is 6.23. The molecular formula is C18H23N3. The van der Waals surface area contributed by atoms with Crippen LogP contribution in [0.2, 0.25) is 0 Å². The summed E-state index contributed by atoms with van der Waals surface area (Å²) in [6, 6.07) is 13.4. The molecule has 2 heterocycles. The van der Waals surface area contributed by atoms with Crippen LogP contribution in [0.25, 0.3) is 0 Å². The van der Waals surface area contributed by atoms with E-state index in [0.29, 0.717) is 12.0 Å². The first-order valence-electron chi connectivity index (χ1n) is 7.67. The van der Waals surface area contributed by atoms with Crippen LogP contribution in [0.4, 0.5) is 17.2 Å². The molecule has 0 amide bonds. The molecule has 21 heavy (non-hydrogen) atoms. The van der Waals surface area contributed by atoms with Gasteiger partial charge in [0.15, 0.2) is 5.82 Å². The van der Waals surface area contributed by atoms with Crippen LogP contribution in [0, 0.1) is 0 Å². The van der Waals surface area contributed by atoms with Crippen molar-refractivity contribution in [3.63, 3.8) is 0 Å². The first-order valence-corrected chi connectivity index (χ1v) is 7.67. The minimum Gasteiger partial charge on any atom is -0.348 e. The molecule has 1 aromatic carbocycles. The average molecular weight is 281 g/mol. The Balaban J connectivity index is 2.02. The van der Waals surface area contributed by atoms with E-state index in [1.54, 1.807) is 0 Å². The molecule has 0 saturated carbocycles. The Morgan fingerprint density at radius 2 is 1.86 bits per heavy atom. The Morgan fingerprint density at radius 3 is 2.57 bits per heavy atom. The Labute approximate surface area is 127 Å². The Kier molecular flexibility index (Phi) is 3.58. The average Bonchev–Trinajstić information content (AvgIpc) is 2.87. The number of pyridine rings is 1. The first-order chi connectivity index (χ1) is 10.1. The van der Waals surface area contributed by atoms with Crippen molar-refractivity contribution in [1.29, 1.82) is 0 Å². The van der Waals surface area contributed by atoms with Gasteiger partial charge in [-0.05, 0) is 49.6 Å². The van der Waals surface area contributed by atoms with Crippen molar-refractivity contribution in [2.24, 2.45) is 0 Å². The van der Waals surface area contributed by atoms with Crippen LogP contribution in [0.15, 0.2) is 42.6 Å². The maximum absolute atomic E-state index is 4.61. The van der Waals surface area contributed by atoms with E-state index in [1.165, 1.54) is 16.9 Å². The molecule has 0 bridgehead atoms. The molecule has 0 spiro atoms. The molecule has 0 radical (unpaired) electrons. The first kappa shape index (κ1) is 13.9. The van der Waals surface area contributed by atoms with E-state index in [2.05, 4.69) is 72.8 Å². The second-order valence-electron chi connectivity index (χ2n) is 6.23. The smallest absolute Gasteiger partial charge is 0.158 e. The summed E-state index contributed by atoms with van der Waals surface area (Å²) in [5.41, 5.74) is 3.82. The number of rotatable bonds is 3. The fourth-order valence-corrected chi connectivity index (χ4v) is 2.81. The third-order valence-corrected chi connectivity index (χ3v) is 4.10. The van der Waals surface area contributed by atoms with Gasteiger partial charge >= 0.3 is 0 Å². The van der Waals surface area contributed by atoms with Crippen molar-refractivity contribution in [2.45, 2.75) is 39.7 Å². The molecule has 0 atom stereocenters. The van der Waals surface area contributed by atoms with E-state index in [1.807, 2.05) is 12.3 Å². The van der Waals surface area contributed by atoms with Crippen LogP contribution in [0.3, 0.4) is 0 Å². The monoisotopic (exact) mass is 281 g/mol. The molecule has 3 nitrogen and oxygen atoms in total. The van der Waals surface area contributed by atoms with Gasteiger partial charge < -0.3 is 9.80 Å². The summed E-state index contributed by atoms with van der Waals surface area (Å²) in [7, 11) is 0. The van der Waals surface area contributed by atoms with Crippen molar-refractivity contribution >= 4 is 17.2 Å². The number of hydrogen-bond acceptors (Lipinski definition) is 3. The van der Waals surface area contributed by atoms with Gasteiger partial charge in [0.05, 0.1) is 12.4 Å². The van der Waals surface area contributed by atoms with Crippen LogP contribution in [-0.4, -0.2) is 17.7 Å². The third kappa shape index (κ3) is 2.48. The molecule has 1 aliphatic heterocycles. The summed E-state index contributed by atoms with van der Waals surface area (Å²) in [4.78, 5) is 9.31. The maximum Gasteiger partial charge on any atom is 0.158 e. The molecule has 0 N–H and O–H groups in total. The Morgan fingerprint density at radius 1 is 1.05 bits per heavy atom. The minimum atomic E-state index is 0.464. The third-order valence-electron chi connectivity index (χ3n) is 4.10. The summed E-state index contributed by atoms with van der Waals surface area (Å²) in [6.45, 7) is 9.78. The zero-order valence-corrected chi connectivity index (χ0v) is 13.2. The lowest BCUT2D eigenvalue weighted by molar-refractivity contribution is 0.709. The van der Waals surface area contributed by atoms with Crippen LogP contribution in [-0.2, 0) is 0 Å². The SMILES string of the molecule is CC(C)c1cccc(N2CN(C(C)C)c3cccnc32)c1. The van der Waals surface area contributed by atoms with Crippen molar-refractivity contribution in [1.82, 2.24) is 4.98 Å². The van der Waals surface area contributed by atoms with E-state index in [0.717, 1.165) is 12.5 Å². The highest BCUT2D eigenvalue weighted by molar-refractivity contribution is 5.79. The van der Waals surface area contributed by atoms with Crippen molar-refractivity contribution < 1.29 is 0 Å². The number of hydrogen-bond donors (Lipinski definition) is 0. The molecule has 0 saturated heterocycles. The fourth-order valence-electron chi connectivity index (χ4n) is 2.81. The van der Waals surface area contributed by atoms with Crippen molar-refractivity contribution in [3.05, 3.63) is 48.2 Å². The molecule has 0 unspecified atom stereocenters. The molecule has 1 aromatic heterocycles. The van der Waals surface area contributed by atoms with Gasteiger partial charge in [0.25, 0.3) is 0 Å².